The van der Waals surface area contributed by atoms with Crippen molar-refractivity contribution in [2.75, 3.05) is 11.9 Å². The van der Waals surface area contributed by atoms with Crippen molar-refractivity contribution in [3.05, 3.63) is 64.3 Å². The largest absolute Gasteiger partial charge is 0.325 e. The number of nitrogens with zero attached hydrogens (tertiary/aromatic N) is 2. The second-order valence-electron chi connectivity index (χ2n) is 5.75. The zero-order chi connectivity index (χ0) is 19.2. The first-order chi connectivity index (χ1) is 13.0. The lowest BCUT2D eigenvalue weighted by Gasteiger charge is -2.14. The predicted molar refractivity (Wildman–Crippen MR) is 113 cm³/mol. The van der Waals surface area contributed by atoms with Crippen molar-refractivity contribution in [3.63, 3.8) is 0 Å². The quantitative estimate of drug-likeness (QED) is 0.559. The molecule has 0 bridgehead atoms. The molecule has 2 amide bonds. The molecule has 27 heavy (non-hydrogen) atoms. The van der Waals surface area contributed by atoms with E-state index < -0.39 is 0 Å². The monoisotopic (exact) mass is 417 g/mol. The molecule has 1 aromatic carbocycles. The summed E-state index contributed by atoms with van der Waals surface area (Å²) in [5, 5.41) is 3.35. The number of nitrogens with one attached hydrogen (secondary N) is 1. The van der Waals surface area contributed by atoms with Crippen LogP contribution in [0.2, 0.25) is 5.02 Å². The van der Waals surface area contributed by atoms with Gasteiger partial charge in [0.15, 0.2) is 0 Å². The van der Waals surface area contributed by atoms with Crippen LogP contribution in [0.3, 0.4) is 0 Å². The minimum atomic E-state index is -0.155. The Bertz CT molecular complexity index is 903. The van der Waals surface area contributed by atoms with Crippen molar-refractivity contribution in [2.24, 2.45) is 0 Å². The van der Waals surface area contributed by atoms with Crippen LogP contribution in [-0.4, -0.2) is 32.6 Å². The van der Waals surface area contributed by atoms with E-state index in [4.69, 9.17) is 23.8 Å². The summed E-state index contributed by atoms with van der Waals surface area (Å²) in [6.07, 6.45) is 5.77. The molecule has 0 atom stereocenters. The average Bonchev–Trinajstić information content (AvgIpc) is 2.92. The number of carbonyl (C=O) groups excluding carboxylic acids is 2. The number of carbonyl (C=O) groups is 2. The maximum Gasteiger partial charge on any atom is 0.266 e. The highest BCUT2D eigenvalue weighted by Gasteiger charge is 2.31. The third-order valence-electron chi connectivity index (χ3n) is 3.80. The van der Waals surface area contributed by atoms with E-state index in [1.54, 1.807) is 36.7 Å². The molecule has 0 unspecified atom stereocenters. The van der Waals surface area contributed by atoms with Crippen LogP contribution in [0, 0.1) is 0 Å². The molecule has 3 rings (SSSR count). The van der Waals surface area contributed by atoms with Gasteiger partial charge in [0.1, 0.15) is 4.32 Å². The number of aromatic nitrogens is 1. The van der Waals surface area contributed by atoms with Gasteiger partial charge in [0, 0.05) is 24.2 Å². The summed E-state index contributed by atoms with van der Waals surface area (Å²) in [4.78, 5) is 30.6. The zero-order valence-corrected chi connectivity index (χ0v) is 16.6. The Balaban J connectivity index is 1.55. The van der Waals surface area contributed by atoms with E-state index >= 15 is 0 Å². The number of anilines is 1. The van der Waals surface area contributed by atoms with E-state index in [-0.39, 0.29) is 18.2 Å². The van der Waals surface area contributed by atoms with Gasteiger partial charge in [0.25, 0.3) is 5.91 Å². The minimum Gasteiger partial charge on any atom is -0.325 e. The van der Waals surface area contributed by atoms with E-state index in [9.17, 15) is 9.59 Å². The van der Waals surface area contributed by atoms with Crippen molar-refractivity contribution in [1.29, 1.82) is 0 Å². The molecular weight excluding hydrogens is 402 g/mol. The molecule has 1 aromatic heterocycles. The van der Waals surface area contributed by atoms with Crippen LogP contribution in [0.5, 0.6) is 0 Å². The number of thiocarbonyl (C=S) groups is 1. The molecule has 0 saturated carbocycles. The molecule has 1 N–H and O–H groups in total. The van der Waals surface area contributed by atoms with E-state index in [0.717, 1.165) is 5.56 Å². The van der Waals surface area contributed by atoms with Gasteiger partial charge in [0.2, 0.25) is 5.91 Å². The highest BCUT2D eigenvalue weighted by Crippen LogP contribution is 2.33. The van der Waals surface area contributed by atoms with E-state index in [0.29, 0.717) is 32.9 Å². The fourth-order valence-electron chi connectivity index (χ4n) is 2.48. The van der Waals surface area contributed by atoms with Crippen LogP contribution in [0.1, 0.15) is 18.4 Å². The molecule has 1 aliphatic rings. The topological polar surface area (TPSA) is 62.3 Å². The van der Waals surface area contributed by atoms with Crippen LogP contribution in [0.4, 0.5) is 5.69 Å². The Morgan fingerprint density at radius 3 is 2.85 bits per heavy atom. The first-order valence-electron chi connectivity index (χ1n) is 8.24. The van der Waals surface area contributed by atoms with Crippen molar-refractivity contribution in [3.8, 4) is 0 Å². The Morgan fingerprint density at radius 1 is 1.30 bits per heavy atom. The van der Waals surface area contributed by atoms with Gasteiger partial charge in [-0.15, -0.1) is 0 Å². The number of pyridine rings is 1. The number of hydrogen-bond donors (Lipinski definition) is 1. The molecular formula is C19H16ClN3O2S2. The van der Waals surface area contributed by atoms with Gasteiger partial charge < -0.3 is 5.32 Å². The molecule has 1 fully saturated rings. The molecule has 1 aliphatic heterocycles. The van der Waals surface area contributed by atoms with Gasteiger partial charge >= 0.3 is 0 Å². The summed E-state index contributed by atoms with van der Waals surface area (Å²) in [5.41, 5.74) is 1.42. The zero-order valence-electron chi connectivity index (χ0n) is 14.2. The summed E-state index contributed by atoms with van der Waals surface area (Å²) in [6, 6.07) is 10.8. The average molecular weight is 418 g/mol. The number of benzene rings is 1. The Morgan fingerprint density at radius 2 is 2.11 bits per heavy atom. The Kier molecular flexibility index (Phi) is 6.60. The molecule has 0 radical (unpaired) electrons. The summed E-state index contributed by atoms with van der Waals surface area (Å²) < 4.78 is 0.492. The lowest BCUT2D eigenvalue weighted by atomic mass is 10.2. The van der Waals surface area contributed by atoms with Crippen LogP contribution < -0.4 is 5.32 Å². The summed E-state index contributed by atoms with van der Waals surface area (Å²) in [7, 11) is 0. The second kappa shape index (κ2) is 9.12. The third kappa shape index (κ3) is 5.15. The lowest BCUT2D eigenvalue weighted by molar-refractivity contribution is -0.122. The van der Waals surface area contributed by atoms with E-state index in [2.05, 4.69) is 10.3 Å². The highest BCUT2D eigenvalue weighted by atomic mass is 35.5. The number of thioether (sulfide) groups is 1. The number of rotatable bonds is 6. The fourth-order valence-corrected chi connectivity index (χ4v) is 3.97. The smallest absolute Gasteiger partial charge is 0.266 e. The van der Waals surface area contributed by atoms with Gasteiger partial charge in [-0.2, -0.15) is 0 Å². The minimum absolute atomic E-state index is 0.125. The van der Waals surface area contributed by atoms with E-state index in [1.807, 2.05) is 18.2 Å². The number of halogens is 1. The van der Waals surface area contributed by atoms with Gasteiger partial charge in [0.05, 0.1) is 16.8 Å². The summed E-state index contributed by atoms with van der Waals surface area (Å²) in [5.74, 6) is -0.280. The number of amides is 2. The van der Waals surface area contributed by atoms with Crippen LogP contribution in [0.15, 0.2) is 53.7 Å². The molecule has 2 heterocycles. The lowest BCUT2D eigenvalue weighted by Crippen LogP contribution is -2.29. The van der Waals surface area contributed by atoms with Crippen molar-refractivity contribution < 1.29 is 9.59 Å². The highest BCUT2D eigenvalue weighted by molar-refractivity contribution is 8.26. The molecule has 1 saturated heterocycles. The second-order valence-corrected chi connectivity index (χ2v) is 7.83. The Hall–Kier alpha value is -2.22. The summed E-state index contributed by atoms with van der Waals surface area (Å²) in [6.45, 7) is 0.394. The van der Waals surface area contributed by atoms with E-state index in [1.165, 1.54) is 16.7 Å². The van der Waals surface area contributed by atoms with Crippen LogP contribution in [0.25, 0.3) is 6.08 Å². The molecule has 5 nitrogen and oxygen atoms in total. The number of hydrogen-bond acceptors (Lipinski definition) is 5. The maximum absolute atomic E-state index is 12.6. The van der Waals surface area contributed by atoms with Crippen molar-refractivity contribution >= 4 is 63.5 Å². The molecule has 2 aromatic rings. The standard InChI is InChI=1S/C19H16ClN3O2S2/c20-15-7-2-1-5-13(15)11-16-18(25)23(19(26)27-16)10-4-8-17(24)22-14-6-3-9-21-12-14/h1-3,5-7,9,11-12H,4,8,10H2,(H,22,24). The molecule has 0 aliphatic carbocycles. The predicted octanol–water partition coefficient (Wildman–Crippen LogP) is 4.36. The Labute approximate surface area is 171 Å². The van der Waals surface area contributed by atoms with Gasteiger partial charge in [-0.25, -0.2) is 0 Å². The van der Waals surface area contributed by atoms with Gasteiger partial charge in [-0.05, 0) is 36.3 Å². The first-order valence-corrected chi connectivity index (χ1v) is 9.84. The van der Waals surface area contributed by atoms with Crippen molar-refractivity contribution in [2.45, 2.75) is 12.8 Å². The first kappa shape index (κ1) is 19.5. The van der Waals surface area contributed by atoms with Crippen molar-refractivity contribution in [1.82, 2.24) is 9.88 Å². The van der Waals surface area contributed by atoms with Crippen LogP contribution >= 0.6 is 35.6 Å². The van der Waals surface area contributed by atoms with Crippen LogP contribution in [-0.2, 0) is 9.59 Å². The fraction of sp³-hybridized carbons (Fsp3) is 0.158. The molecule has 138 valence electrons. The molecule has 8 heteroatoms. The molecule has 0 spiro atoms. The third-order valence-corrected chi connectivity index (χ3v) is 5.52. The van der Waals surface area contributed by atoms with Gasteiger partial charge in [-0.1, -0.05) is 53.8 Å². The summed E-state index contributed by atoms with van der Waals surface area (Å²) >= 11 is 12.7. The maximum atomic E-state index is 12.6. The SMILES string of the molecule is O=C(CCCN1C(=O)C(=Cc2ccccc2Cl)SC1=S)Nc1cccnc1. The normalized spacial score (nSPS) is 15.4. The van der Waals surface area contributed by atoms with Gasteiger partial charge in [-0.3, -0.25) is 19.5 Å².